The molecule has 0 aliphatic heterocycles. The van der Waals surface area contributed by atoms with Crippen molar-refractivity contribution in [2.24, 2.45) is 0 Å². The van der Waals surface area contributed by atoms with E-state index in [0.29, 0.717) is 6.54 Å². The summed E-state index contributed by atoms with van der Waals surface area (Å²) in [6.07, 6.45) is 0.913. The van der Waals surface area contributed by atoms with Crippen LogP contribution in [0.5, 0.6) is 0 Å². The Bertz CT molecular complexity index is 685. The van der Waals surface area contributed by atoms with E-state index in [2.05, 4.69) is 49.6 Å². The van der Waals surface area contributed by atoms with E-state index in [1.807, 2.05) is 36.0 Å². The van der Waals surface area contributed by atoms with Crippen LogP contribution in [0, 0.1) is 13.8 Å². The Morgan fingerprint density at radius 2 is 1.88 bits per heavy atom. The van der Waals surface area contributed by atoms with Gasteiger partial charge in [0.2, 0.25) is 5.91 Å². The summed E-state index contributed by atoms with van der Waals surface area (Å²) in [4.78, 5) is 13.3. The van der Waals surface area contributed by atoms with Crippen LogP contribution >= 0.6 is 11.8 Å². The summed E-state index contributed by atoms with van der Waals surface area (Å²) >= 11 is 1.81. The van der Waals surface area contributed by atoms with E-state index >= 15 is 0 Å². The van der Waals surface area contributed by atoms with Gasteiger partial charge in [0.25, 0.3) is 0 Å². The lowest BCUT2D eigenvalue weighted by Crippen LogP contribution is -2.29. The van der Waals surface area contributed by atoms with E-state index in [4.69, 9.17) is 0 Å². The van der Waals surface area contributed by atoms with Gasteiger partial charge in [-0.05, 0) is 55.2 Å². The van der Waals surface area contributed by atoms with Crippen LogP contribution in [-0.4, -0.2) is 24.7 Å². The molecule has 0 unspecified atom stereocenters. The van der Waals surface area contributed by atoms with Gasteiger partial charge in [0.1, 0.15) is 0 Å². The molecule has 0 spiro atoms. The first-order chi connectivity index (χ1) is 11.6. The molecule has 0 bridgehead atoms. The first-order valence-electron chi connectivity index (χ1n) is 8.38. The van der Waals surface area contributed by atoms with Crippen molar-refractivity contribution >= 4 is 23.4 Å². The van der Waals surface area contributed by atoms with Gasteiger partial charge in [0.15, 0.2) is 0 Å². The number of carbonyl (C=O) groups excluding carboxylic acids is 1. The van der Waals surface area contributed by atoms with Crippen LogP contribution in [0.1, 0.15) is 23.6 Å². The minimum atomic E-state index is 0.00656. The van der Waals surface area contributed by atoms with Gasteiger partial charge in [-0.2, -0.15) is 0 Å². The normalized spacial score (nSPS) is 10.6. The van der Waals surface area contributed by atoms with Crippen LogP contribution in [0.3, 0.4) is 0 Å². The molecule has 0 aliphatic carbocycles. The first-order valence-corrected chi connectivity index (χ1v) is 9.37. The predicted octanol–water partition coefficient (Wildman–Crippen LogP) is 4.19. The number of anilines is 1. The smallest absolute Gasteiger partial charge is 0.238 e. The van der Waals surface area contributed by atoms with Gasteiger partial charge in [-0.3, -0.25) is 4.79 Å². The molecule has 24 heavy (non-hydrogen) atoms. The largest absolute Gasteiger partial charge is 0.325 e. The Balaban J connectivity index is 1.68. The van der Waals surface area contributed by atoms with Gasteiger partial charge < -0.3 is 10.6 Å². The van der Waals surface area contributed by atoms with Crippen LogP contribution < -0.4 is 10.6 Å². The maximum Gasteiger partial charge on any atom is 0.238 e. The molecule has 3 nitrogen and oxygen atoms in total. The van der Waals surface area contributed by atoms with Crippen LogP contribution in [-0.2, 0) is 11.2 Å². The standard InChI is InChI=1S/C20H26N2OS/c1-4-17-7-5-6-8-19(17)22-20(23)14-21-11-12-24-18-10-9-15(2)16(3)13-18/h5-10,13,21H,4,11-12,14H2,1-3H3,(H,22,23). The lowest BCUT2D eigenvalue weighted by molar-refractivity contribution is -0.115. The molecule has 0 atom stereocenters. The molecule has 0 aliphatic rings. The fourth-order valence-corrected chi connectivity index (χ4v) is 3.30. The van der Waals surface area contributed by atoms with Crippen molar-refractivity contribution in [3.63, 3.8) is 0 Å². The molecule has 0 heterocycles. The third kappa shape index (κ3) is 5.69. The number of benzene rings is 2. The number of amides is 1. The quantitative estimate of drug-likeness (QED) is 0.558. The highest BCUT2D eigenvalue weighted by Crippen LogP contribution is 2.20. The highest BCUT2D eigenvalue weighted by molar-refractivity contribution is 7.99. The second-order valence-electron chi connectivity index (χ2n) is 5.83. The molecular formula is C20H26N2OS. The average molecular weight is 343 g/mol. The zero-order valence-electron chi connectivity index (χ0n) is 14.7. The van der Waals surface area contributed by atoms with Gasteiger partial charge in [-0.1, -0.05) is 31.2 Å². The topological polar surface area (TPSA) is 41.1 Å². The summed E-state index contributed by atoms with van der Waals surface area (Å²) in [5, 5.41) is 6.18. The van der Waals surface area contributed by atoms with Gasteiger partial charge in [-0.25, -0.2) is 0 Å². The van der Waals surface area contributed by atoms with Gasteiger partial charge in [0, 0.05) is 22.9 Å². The number of nitrogens with one attached hydrogen (secondary N) is 2. The van der Waals surface area contributed by atoms with Crippen molar-refractivity contribution in [1.82, 2.24) is 5.32 Å². The summed E-state index contributed by atoms with van der Waals surface area (Å²) in [5.74, 6) is 0.952. The summed E-state index contributed by atoms with van der Waals surface area (Å²) in [6.45, 7) is 7.50. The van der Waals surface area contributed by atoms with E-state index < -0.39 is 0 Å². The molecular weight excluding hydrogens is 316 g/mol. The minimum absolute atomic E-state index is 0.00656. The fraction of sp³-hybridized carbons (Fsp3) is 0.350. The fourth-order valence-electron chi connectivity index (χ4n) is 2.39. The first kappa shape index (κ1) is 18.6. The predicted molar refractivity (Wildman–Crippen MR) is 104 cm³/mol. The molecule has 0 aromatic heterocycles. The zero-order chi connectivity index (χ0) is 17.4. The molecule has 0 fully saturated rings. The number of rotatable bonds is 8. The number of aryl methyl sites for hydroxylation is 3. The molecule has 1 amide bonds. The number of carbonyl (C=O) groups is 1. The van der Waals surface area contributed by atoms with Gasteiger partial charge in [0.05, 0.1) is 6.54 Å². The molecule has 2 aromatic rings. The third-order valence-electron chi connectivity index (χ3n) is 3.98. The Labute approximate surface area is 149 Å². The van der Waals surface area contributed by atoms with E-state index in [9.17, 15) is 4.79 Å². The second-order valence-corrected chi connectivity index (χ2v) is 7.00. The van der Waals surface area contributed by atoms with Crippen molar-refractivity contribution in [3.05, 3.63) is 59.2 Å². The van der Waals surface area contributed by atoms with Crippen molar-refractivity contribution in [3.8, 4) is 0 Å². The van der Waals surface area contributed by atoms with Gasteiger partial charge >= 0.3 is 0 Å². The lowest BCUT2D eigenvalue weighted by atomic mass is 10.1. The monoisotopic (exact) mass is 342 g/mol. The lowest BCUT2D eigenvalue weighted by Gasteiger charge is -2.10. The van der Waals surface area contributed by atoms with Crippen LogP contribution in [0.4, 0.5) is 5.69 Å². The molecule has 128 valence electrons. The van der Waals surface area contributed by atoms with E-state index in [-0.39, 0.29) is 5.91 Å². The molecule has 0 saturated heterocycles. The molecule has 0 saturated carbocycles. The van der Waals surface area contributed by atoms with Crippen LogP contribution in [0.15, 0.2) is 47.4 Å². The molecule has 2 aromatic carbocycles. The van der Waals surface area contributed by atoms with Crippen molar-refractivity contribution in [2.45, 2.75) is 32.1 Å². The number of hydrogen-bond donors (Lipinski definition) is 2. The van der Waals surface area contributed by atoms with E-state index in [0.717, 1.165) is 30.0 Å². The Hall–Kier alpha value is -1.78. The molecule has 2 rings (SSSR count). The molecule has 2 N–H and O–H groups in total. The SMILES string of the molecule is CCc1ccccc1NC(=O)CNCCSc1ccc(C)c(C)c1. The van der Waals surface area contributed by atoms with E-state index in [1.54, 1.807) is 0 Å². The van der Waals surface area contributed by atoms with E-state index in [1.165, 1.54) is 16.0 Å². The molecule has 4 heteroatoms. The third-order valence-corrected chi connectivity index (χ3v) is 4.98. The zero-order valence-corrected chi connectivity index (χ0v) is 15.5. The maximum absolute atomic E-state index is 12.0. The highest BCUT2D eigenvalue weighted by atomic mass is 32.2. The number of para-hydroxylation sites is 1. The van der Waals surface area contributed by atoms with Gasteiger partial charge in [-0.15, -0.1) is 11.8 Å². The highest BCUT2D eigenvalue weighted by Gasteiger charge is 2.05. The van der Waals surface area contributed by atoms with Crippen LogP contribution in [0.2, 0.25) is 0 Å². The number of hydrogen-bond acceptors (Lipinski definition) is 3. The summed E-state index contributed by atoms with van der Waals surface area (Å²) in [5.41, 5.74) is 4.72. The van der Waals surface area contributed by atoms with Crippen LogP contribution in [0.25, 0.3) is 0 Å². The maximum atomic E-state index is 12.0. The minimum Gasteiger partial charge on any atom is -0.325 e. The van der Waals surface area contributed by atoms with Crippen molar-refractivity contribution in [2.75, 3.05) is 24.2 Å². The second kappa shape index (κ2) is 9.50. The van der Waals surface area contributed by atoms with Crippen molar-refractivity contribution in [1.29, 1.82) is 0 Å². The summed E-state index contributed by atoms with van der Waals surface area (Å²) in [6, 6.07) is 14.5. The Morgan fingerprint density at radius 1 is 1.08 bits per heavy atom. The summed E-state index contributed by atoms with van der Waals surface area (Å²) in [7, 11) is 0. The summed E-state index contributed by atoms with van der Waals surface area (Å²) < 4.78 is 0. The van der Waals surface area contributed by atoms with Crippen molar-refractivity contribution < 1.29 is 4.79 Å². The Kier molecular flexibility index (Phi) is 7.35. The average Bonchev–Trinajstić information content (AvgIpc) is 2.58. The Morgan fingerprint density at radius 3 is 2.62 bits per heavy atom. The number of thioether (sulfide) groups is 1. The molecule has 0 radical (unpaired) electrons.